The van der Waals surface area contributed by atoms with Crippen LogP contribution >= 0.6 is 15.9 Å². The minimum Gasteiger partial charge on any atom is -0.480 e. The third kappa shape index (κ3) is 3.51. The van der Waals surface area contributed by atoms with E-state index in [0.717, 1.165) is 6.07 Å². The van der Waals surface area contributed by atoms with Crippen LogP contribution < -0.4 is 5.32 Å². The first-order valence-electron chi connectivity index (χ1n) is 4.99. The van der Waals surface area contributed by atoms with Gasteiger partial charge >= 0.3 is 5.97 Å². The molecule has 0 fully saturated rings. The van der Waals surface area contributed by atoms with Crippen LogP contribution in [0.2, 0.25) is 0 Å². The van der Waals surface area contributed by atoms with E-state index < -0.39 is 29.8 Å². The monoisotopic (exact) mass is 319 g/mol. The molecule has 0 radical (unpaired) electrons. The molecule has 1 rings (SSSR count). The minimum atomic E-state index is -1.42. The Labute approximate surface area is 111 Å². The fourth-order valence-electron chi connectivity index (χ4n) is 1.25. The Morgan fingerprint density at radius 1 is 1.44 bits per heavy atom. The lowest BCUT2D eigenvalue weighted by Crippen LogP contribution is -2.47. The standard InChI is InChI=1S/C11H11BrFNO4/c1-5(15)9(11(17)18)14-10(16)6-2-3-8(13)7(12)4-6/h2-5,9,15H,1H3,(H,14,16)(H,17,18). The van der Waals surface area contributed by atoms with E-state index >= 15 is 0 Å². The zero-order chi connectivity index (χ0) is 13.9. The van der Waals surface area contributed by atoms with Crippen molar-refractivity contribution < 1.29 is 24.2 Å². The maximum Gasteiger partial charge on any atom is 0.328 e. The van der Waals surface area contributed by atoms with E-state index in [1.165, 1.54) is 19.1 Å². The molecule has 0 spiro atoms. The summed E-state index contributed by atoms with van der Waals surface area (Å²) in [5.74, 6) is -2.58. The molecular formula is C11H11BrFNO4. The minimum absolute atomic E-state index is 0.0928. The highest BCUT2D eigenvalue weighted by molar-refractivity contribution is 9.10. The number of aliphatic hydroxyl groups excluding tert-OH is 1. The highest BCUT2D eigenvalue weighted by atomic mass is 79.9. The van der Waals surface area contributed by atoms with E-state index in [-0.39, 0.29) is 10.0 Å². The van der Waals surface area contributed by atoms with Gasteiger partial charge in [0, 0.05) is 5.56 Å². The number of halogens is 2. The van der Waals surface area contributed by atoms with E-state index in [4.69, 9.17) is 5.11 Å². The third-order valence-corrected chi connectivity index (χ3v) is 2.82. The summed E-state index contributed by atoms with van der Waals surface area (Å²) in [6.07, 6.45) is -1.24. The quantitative estimate of drug-likeness (QED) is 0.777. The van der Waals surface area contributed by atoms with Crippen LogP contribution in [-0.2, 0) is 4.79 Å². The summed E-state index contributed by atoms with van der Waals surface area (Å²) >= 11 is 2.92. The second-order valence-corrected chi connectivity index (χ2v) is 4.51. The van der Waals surface area contributed by atoms with Crippen molar-refractivity contribution in [2.45, 2.75) is 19.1 Å². The molecular weight excluding hydrogens is 309 g/mol. The summed E-state index contributed by atoms with van der Waals surface area (Å²) < 4.78 is 13.1. The average molecular weight is 320 g/mol. The van der Waals surface area contributed by atoms with Crippen molar-refractivity contribution >= 4 is 27.8 Å². The van der Waals surface area contributed by atoms with Gasteiger partial charge in [-0.3, -0.25) is 4.79 Å². The van der Waals surface area contributed by atoms with Gasteiger partial charge in [0.2, 0.25) is 0 Å². The van der Waals surface area contributed by atoms with E-state index in [1.807, 2.05) is 0 Å². The Morgan fingerprint density at radius 2 is 2.06 bits per heavy atom. The number of carboxylic acids is 1. The van der Waals surface area contributed by atoms with Crippen molar-refractivity contribution in [2.75, 3.05) is 0 Å². The number of carboxylic acid groups (broad SMARTS) is 1. The number of nitrogens with one attached hydrogen (secondary N) is 1. The topological polar surface area (TPSA) is 86.6 Å². The highest BCUT2D eigenvalue weighted by Gasteiger charge is 2.25. The van der Waals surface area contributed by atoms with Crippen molar-refractivity contribution in [1.29, 1.82) is 0 Å². The van der Waals surface area contributed by atoms with Crippen LogP contribution in [0.15, 0.2) is 22.7 Å². The molecule has 0 saturated carbocycles. The molecule has 1 aromatic carbocycles. The third-order valence-electron chi connectivity index (χ3n) is 2.22. The van der Waals surface area contributed by atoms with Crippen molar-refractivity contribution in [3.63, 3.8) is 0 Å². The molecule has 1 aromatic rings. The van der Waals surface area contributed by atoms with Crippen molar-refractivity contribution in [1.82, 2.24) is 5.32 Å². The van der Waals surface area contributed by atoms with Crippen LogP contribution in [0.1, 0.15) is 17.3 Å². The molecule has 0 aliphatic heterocycles. The average Bonchev–Trinajstić information content (AvgIpc) is 2.28. The maximum absolute atomic E-state index is 13.0. The van der Waals surface area contributed by atoms with Gasteiger partial charge in [-0.25, -0.2) is 9.18 Å². The van der Waals surface area contributed by atoms with Crippen LogP contribution in [0.25, 0.3) is 0 Å². The van der Waals surface area contributed by atoms with E-state index in [0.29, 0.717) is 0 Å². The number of hydrogen-bond donors (Lipinski definition) is 3. The number of aliphatic carboxylic acids is 1. The summed E-state index contributed by atoms with van der Waals surface area (Å²) in [7, 11) is 0. The van der Waals surface area contributed by atoms with Crippen LogP contribution in [0.3, 0.4) is 0 Å². The molecule has 1 amide bonds. The molecule has 18 heavy (non-hydrogen) atoms. The number of hydrogen-bond acceptors (Lipinski definition) is 3. The van der Waals surface area contributed by atoms with E-state index in [1.54, 1.807) is 0 Å². The zero-order valence-corrected chi connectivity index (χ0v) is 10.9. The number of benzene rings is 1. The van der Waals surface area contributed by atoms with Gasteiger partial charge in [0.05, 0.1) is 10.6 Å². The van der Waals surface area contributed by atoms with Crippen LogP contribution in [-0.4, -0.2) is 34.2 Å². The number of aliphatic hydroxyl groups is 1. The second kappa shape index (κ2) is 5.92. The Hall–Kier alpha value is -1.47. The SMILES string of the molecule is CC(O)C(NC(=O)c1ccc(F)c(Br)c1)C(=O)O. The molecule has 7 heteroatoms. The van der Waals surface area contributed by atoms with E-state index in [2.05, 4.69) is 21.2 Å². The Bertz CT molecular complexity index is 478. The van der Waals surface area contributed by atoms with Crippen molar-refractivity contribution in [3.8, 4) is 0 Å². The summed E-state index contributed by atoms with van der Waals surface area (Å²) in [6, 6.07) is 2.11. The largest absolute Gasteiger partial charge is 0.480 e. The number of carbonyl (C=O) groups excluding carboxylic acids is 1. The molecule has 0 aliphatic rings. The molecule has 3 N–H and O–H groups in total. The Morgan fingerprint density at radius 3 is 2.50 bits per heavy atom. The van der Waals surface area contributed by atoms with Crippen molar-refractivity contribution in [2.24, 2.45) is 0 Å². The van der Waals surface area contributed by atoms with Gasteiger partial charge in [-0.2, -0.15) is 0 Å². The number of amides is 1. The summed E-state index contributed by atoms with van der Waals surface area (Å²) in [5.41, 5.74) is 0.0928. The Kier molecular flexibility index (Phi) is 4.80. The lowest BCUT2D eigenvalue weighted by Gasteiger charge is -2.17. The smallest absolute Gasteiger partial charge is 0.328 e. The van der Waals surface area contributed by atoms with Gasteiger partial charge in [0.1, 0.15) is 5.82 Å². The van der Waals surface area contributed by atoms with Gasteiger partial charge < -0.3 is 15.5 Å². The summed E-state index contributed by atoms with van der Waals surface area (Å²) in [5, 5.41) is 20.2. The maximum atomic E-state index is 13.0. The van der Waals surface area contributed by atoms with Gasteiger partial charge in [0.15, 0.2) is 6.04 Å². The first-order valence-corrected chi connectivity index (χ1v) is 5.79. The fourth-order valence-corrected chi connectivity index (χ4v) is 1.63. The molecule has 2 unspecified atom stereocenters. The number of carbonyl (C=O) groups is 2. The first-order chi connectivity index (χ1) is 8.32. The van der Waals surface area contributed by atoms with E-state index in [9.17, 15) is 19.1 Å². The molecule has 98 valence electrons. The summed E-state index contributed by atoms with van der Waals surface area (Å²) in [4.78, 5) is 22.5. The van der Waals surface area contributed by atoms with Gasteiger partial charge in [-0.1, -0.05) is 0 Å². The fraction of sp³-hybridized carbons (Fsp3) is 0.273. The highest BCUT2D eigenvalue weighted by Crippen LogP contribution is 2.16. The van der Waals surface area contributed by atoms with Crippen LogP contribution in [0, 0.1) is 5.82 Å². The molecule has 5 nitrogen and oxygen atoms in total. The normalized spacial score (nSPS) is 13.8. The molecule has 0 aliphatic carbocycles. The van der Waals surface area contributed by atoms with Crippen molar-refractivity contribution in [3.05, 3.63) is 34.1 Å². The molecule has 0 saturated heterocycles. The Balaban J connectivity index is 2.87. The zero-order valence-electron chi connectivity index (χ0n) is 9.35. The van der Waals surface area contributed by atoms with Gasteiger partial charge in [-0.15, -0.1) is 0 Å². The van der Waals surface area contributed by atoms with Gasteiger partial charge in [0.25, 0.3) is 5.91 Å². The van der Waals surface area contributed by atoms with Crippen LogP contribution in [0.5, 0.6) is 0 Å². The predicted octanol–water partition coefficient (Wildman–Crippen LogP) is 1.15. The predicted molar refractivity (Wildman–Crippen MR) is 64.7 cm³/mol. The molecule has 0 aromatic heterocycles. The molecule has 0 heterocycles. The van der Waals surface area contributed by atoms with Crippen LogP contribution in [0.4, 0.5) is 4.39 Å². The number of rotatable bonds is 4. The van der Waals surface area contributed by atoms with Gasteiger partial charge in [-0.05, 0) is 41.1 Å². The first kappa shape index (κ1) is 14.6. The lowest BCUT2D eigenvalue weighted by atomic mass is 10.1. The molecule has 2 atom stereocenters. The molecule has 0 bridgehead atoms. The second-order valence-electron chi connectivity index (χ2n) is 3.66. The lowest BCUT2D eigenvalue weighted by molar-refractivity contribution is -0.141. The summed E-state index contributed by atoms with van der Waals surface area (Å²) in [6.45, 7) is 1.25.